The third-order valence-corrected chi connectivity index (χ3v) is 3.51. The highest BCUT2D eigenvalue weighted by molar-refractivity contribution is 6.33. The molecule has 4 heteroatoms. The van der Waals surface area contributed by atoms with E-state index in [1.165, 1.54) is 0 Å². The van der Waals surface area contributed by atoms with Crippen LogP contribution in [0.2, 0.25) is 5.02 Å². The molecule has 1 aliphatic rings. The van der Waals surface area contributed by atoms with E-state index in [2.05, 4.69) is 4.90 Å². The molecule has 17 heavy (non-hydrogen) atoms. The number of benzene rings is 1. The number of piperidine rings is 1. The predicted molar refractivity (Wildman–Crippen MR) is 69.4 cm³/mol. The number of anilines is 1. The van der Waals surface area contributed by atoms with Crippen molar-refractivity contribution in [1.29, 1.82) is 0 Å². The molecule has 1 aromatic carbocycles. The number of aliphatic hydroxyl groups excluding tert-OH is 1. The maximum Gasteiger partial charge on any atom is 0.0794 e. The molecule has 1 atom stereocenters. The second kappa shape index (κ2) is 4.84. The highest BCUT2D eigenvalue weighted by atomic mass is 35.5. The van der Waals surface area contributed by atoms with Gasteiger partial charge in [0.25, 0.3) is 0 Å². The summed E-state index contributed by atoms with van der Waals surface area (Å²) < 4.78 is 0. The van der Waals surface area contributed by atoms with E-state index in [9.17, 15) is 5.11 Å². The first kappa shape index (κ1) is 12.7. The fourth-order valence-electron chi connectivity index (χ4n) is 2.33. The number of aliphatic hydroxyl groups is 2. The quantitative estimate of drug-likeness (QED) is 0.851. The van der Waals surface area contributed by atoms with Crippen molar-refractivity contribution in [2.75, 3.05) is 18.0 Å². The monoisotopic (exact) mass is 255 g/mol. The van der Waals surface area contributed by atoms with Crippen LogP contribution in [0.5, 0.6) is 0 Å². The van der Waals surface area contributed by atoms with Crippen molar-refractivity contribution in [3.8, 4) is 0 Å². The normalized spacial score (nSPS) is 25.1. The van der Waals surface area contributed by atoms with Gasteiger partial charge in [0.2, 0.25) is 0 Å². The van der Waals surface area contributed by atoms with E-state index in [0.29, 0.717) is 11.6 Å². The first-order valence-corrected chi connectivity index (χ1v) is 6.26. The van der Waals surface area contributed by atoms with E-state index >= 15 is 0 Å². The minimum absolute atomic E-state index is 0.00227. The van der Waals surface area contributed by atoms with Gasteiger partial charge in [-0.2, -0.15) is 0 Å². The average molecular weight is 256 g/mol. The highest BCUT2D eigenvalue weighted by Crippen LogP contribution is 2.31. The molecule has 0 spiro atoms. The van der Waals surface area contributed by atoms with Gasteiger partial charge in [-0.3, -0.25) is 0 Å². The SMILES string of the molecule is CC1(O)CCCN(c2ccc(CO)cc2Cl)C1. The summed E-state index contributed by atoms with van der Waals surface area (Å²) in [5.41, 5.74) is 1.10. The highest BCUT2D eigenvalue weighted by Gasteiger charge is 2.29. The van der Waals surface area contributed by atoms with Gasteiger partial charge < -0.3 is 15.1 Å². The number of halogens is 1. The number of rotatable bonds is 2. The first-order valence-electron chi connectivity index (χ1n) is 5.88. The molecule has 1 saturated heterocycles. The van der Waals surface area contributed by atoms with E-state index in [-0.39, 0.29) is 6.61 Å². The predicted octanol–water partition coefficient (Wildman–Crippen LogP) is 2.18. The molecular formula is C13H18ClNO2. The van der Waals surface area contributed by atoms with Crippen LogP contribution in [0.4, 0.5) is 5.69 Å². The molecule has 0 aliphatic carbocycles. The maximum absolute atomic E-state index is 10.1. The van der Waals surface area contributed by atoms with Gasteiger partial charge in [-0.25, -0.2) is 0 Å². The molecule has 1 fully saturated rings. The van der Waals surface area contributed by atoms with Gasteiger partial charge in [0, 0.05) is 13.1 Å². The Kier molecular flexibility index (Phi) is 3.61. The minimum Gasteiger partial charge on any atom is -0.392 e. The van der Waals surface area contributed by atoms with Gasteiger partial charge >= 0.3 is 0 Å². The zero-order valence-electron chi connectivity index (χ0n) is 9.99. The molecule has 2 rings (SSSR count). The molecule has 0 bridgehead atoms. The molecule has 0 saturated carbocycles. The van der Waals surface area contributed by atoms with Crippen LogP contribution >= 0.6 is 11.6 Å². The van der Waals surface area contributed by atoms with E-state index in [1.54, 1.807) is 6.07 Å². The van der Waals surface area contributed by atoms with Crippen LogP contribution in [-0.2, 0) is 6.61 Å². The molecule has 0 aromatic heterocycles. The molecule has 3 nitrogen and oxygen atoms in total. The lowest BCUT2D eigenvalue weighted by Gasteiger charge is -2.38. The summed E-state index contributed by atoms with van der Waals surface area (Å²) in [6.45, 7) is 3.37. The Balaban J connectivity index is 2.22. The lowest BCUT2D eigenvalue weighted by Crippen LogP contribution is -2.46. The Labute approximate surface area is 107 Å². The Morgan fingerprint density at radius 1 is 1.47 bits per heavy atom. The molecule has 1 unspecified atom stereocenters. The van der Waals surface area contributed by atoms with Crippen LogP contribution in [0, 0.1) is 0 Å². The summed E-state index contributed by atoms with van der Waals surface area (Å²) in [6, 6.07) is 5.56. The Bertz CT molecular complexity index is 406. The lowest BCUT2D eigenvalue weighted by atomic mass is 9.94. The van der Waals surface area contributed by atoms with Crippen LogP contribution in [-0.4, -0.2) is 28.9 Å². The van der Waals surface area contributed by atoms with Crippen molar-refractivity contribution >= 4 is 17.3 Å². The average Bonchev–Trinajstić information content (AvgIpc) is 2.27. The molecule has 1 aromatic rings. The standard InChI is InChI=1S/C13H18ClNO2/c1-13(17)5-2-6-15(9-13)12-4-3-10(8-16)7-11(12)14/h3-4,7,16-17H,2,5-6,8-9H2,1H3. The molecule has 0 amide bonds. The van der Waals surface area contributed by atoms with E-state index in [1.807, 2.05) is 19.1 Å². The summed E-state index contributed by atoms with van der Waals surface area (Å²) in [5, 5.41) is 19.7. The van der Waals surface area contributed by atoms with Crippen LogP contribution in [0.3, 0.4) is 0 Å². The zero-order chi connectivity index (χ0) is 12.5. The van der Waals surface area contributed by atoms with Crippen molar-refractivity contribution in [1.82, 2.24) is 0 Å². The molecule has 1 aliphatic heterocycles. The third-order valence-electron chi connectivity index (χ3n) is 3.21. The molecule has 0 radical (unpaired) electrons. The van der Waals surface area contributed by atoms with E-state index < -0.39 is 5.60 Å². The largest absolute Gasteiger partial charge is 0.392 e. The fraction of sp³-hybridized carbons (Fsp3) is 0.538. The smallest absolute Gasteiger partial charge is 0.0794 e. The van der Waals surface area contributed by atoms with Crippen LogP contribution in [0.1, 0.15) is 25.3 Å². The number of nitrogens with zero attached hydrogens (tertiary/aromatic N) is 1. The van der Waals surface area contributed by atoms with Crippen molar-refractivity contribution in [2.45, 2.75) is 32.0 Å². The van der Waals surface area contributed by atoms with Gasteiger partial charge in [0.15, 0.2) is 0 Å². The Morgan fingerprint density at radius 3 is 2.82 bits per heavy atom. The van der Waals surface area contributed by atoms with Gasteiger partial charge in [-0.15, -0.1) is 0 Å². The second-order valence-electron chi connectivity index (χ2n) is 4.97. The third kappa shape index (κ3) is 2.92. The van der Waals surface area contributed by atoms with Gasteiger partial charge in [-0.05, 0) is 37.5 Å². The topological polar surface area (TPSA) is 43.7 Å². The number of hydrogen-bond acceptors (Lipinski definition) is 3. The Morgan fingerprint density at radius 2 is 2.24 bits per heavy atom. The molecular weight excluding hydrogens is 238 g/mol. The van der Waals surface area contributed by atoms with Crippen molar-refractivity contribution in [2.24, 2.45) is 0 Å². The van der Waals surface area contributed by atoms with Gasteiger partial charge in [0.1, 0.15) is 0 Å². The zero-order valence-corrected chi connectivity index (χ0v) is 10.7. The number of hydrogen-bond donors (Lipinski definition) is 2. The molecule has 2 N–H and O–H groups in total. The summed E-state index contributed by atoms with van der Waals surface area (Å²) in [5.74, 6) is 0. The van der Waals surface area contributed by atoms with Crippen LogP contribution < -0.4 is 4.90 Å². The summed E-state index contributed by atoms with van der Waals surface area (Å²) in [7, 11) is 0. The summed E-state index contributed by atoms with van der Waals surface area (Å²) >= 11 is 6.20. The van der Waals surface area contributed by atoms with E-state index in [4.69, 9.17) is 16.7 Å². The van der Waals surface area contributed by atoms with Crippen molar-refractivity contribution < 1.29 is 10.2 Å². The molecule has 1 heterocycles. The van der Waals surface area contributed by atoms with E-state index in [0.717, 1.165) is 30.6 Å². The number of β-amino-alcohol motifs (C(OH)–C–C–N with tert-alkyl or cyclic N) is 1. The second-order valence-corrected chi connectivity index (χ2v) is 5.37. The Hall–Kier alpha value is -0.770. The maximum atomic E-state index is 10.1. The van der Waals surface area contributed by atoms with Crippen LogP contribution in [0.15, 0.2) is 18.2 Å². The van der Waals surface area contributed by atoms with Crippen molar-refractivity contribution in [3.05, 3.63) is 28.8 Å². The van der Waals surface area contributed by atoms with Gasteiger partial charge in [-0.1, -0.05) is 17.7 Å². The van der Waals surface area contributed by atoms with Crippen molar-refractivity contribution in [3.63, 3.8) is 0 Å². The summed E-state index contributed by atoms with van der Waals surface area (Å²) in [4.78, 5) is 2.10. The lowest BCUT2D eigenvalue weighted by molar-refractivity contribution is 0.0449. The van der Waals surface area contributed by atoms with Crippen LogP contribution in [0.25, 0.3) is 0 Å². The first-order chi connectivity index (χ1) is 8.02. The molecule has 94 valence electrons. The van der Waals surface area contributed by atoms with Gasteiger partial charge in [0.05, 0.1) is 22.9 Å². The fourth-order valence-corrected chi connectivity index (χ4v) is 2.65. The minimum atomic E-state index is -0.642. The summed E-state index contributed by atoms with van der Waals surface area (Å²) in [6.07, 6.45) is 1.79.